The number of aliphatic carboxylic acids is 1. The van der Waals surface area contributed by atoms with Gasteiger partial charge in [0.05, 0.1) is 24.5 Å². The Labute approximate surface area is 139 Å². The molecule has 0 bridgehead atoms. The normalized spacial score (nSPS) is 12.2. The number of carboxylic acid groups (broad SMARTS) is 1. The summed E-state index contributed by atoms with van der Waals surface area (Å²) in [5.74, 6) is -0.843. The van der Waals surface area contributed by atoms with Gasteiger partial charge in [0, 0.05) is 17.8 Å². The van der Waals surface area contributed by atoms with Gasteiger partial charge in [-0.3, -0.25) is 9.48 Å². The molecule has 2 aromatic heterocycles. The molecule has 0 fully saturated rings. The maximum atomic E-state index is 10.7. The number of carboxylic acids is 1. The van der Waals surface area contributed by atoms with E-state index in [1.165, 1.54) is 0 Å². The predicted molar refractivity (Wildman–Crippen MR) is 88.9 cm³/mol. The van der Waals surface area contributed by atoms with Crippen molar-refractivity contribution in [1.29, 1.82) is 0 Å². The van der Waals surface area contributed by atoms with Crippen LogP contribution >= 0.6 is 0 Å². The van der Waals surface area contributed by atoms with Crippen molar-refractivity contribution in [1.82, 2.24) is 24.8 Å². The third kappa shape index (κ3) is 3.34. The average molecular weight is 325 g/mol. The highest BCUT2D eigenvalue weighted by Crippen LogP contribution is 2.19. The number of hydrogen-bond acceptors (Lipinski definition) is 4. The number of carbonyl (C=O) groups is 1. The van der Waals surface area contributed by atoms with Gasteiger partial charge in [-0.05, 0) is 31.0 Å². The molecular formula is C17H19N5O2. The highest BCUT2D eigenvalue weighted by molar-refractivity contribution is 5.70. The first-order chi connectivity index (χ1) is 11.6. The fourth-order valence-corrected chi connectivity index (χ4v) is 2.36. The van der Waals surface area contributed by atoms with Crippen LogP contribution in [0.1, 0.15) is 31.9 Å². The second-order valence-corrected chi connectivity index (χ2v) is 5.75. The Bertz CT molecular complexity index is 835. The van der Waals surface area contributed by atoms with Gasteiger partial charge in [0.1, 0.15) is 5.69 Å². The summed E-state index contributed by atoms with van der Waals surface area (Å²) in [4.78, 5) is 10.7. The summed E-state index contributed by atoms with van der Waals surface area (Å²) in [6.45, 7) is 4.24. The fraction of sp³-hybridized carbons (Fsp3) is 0.294. The van der Waals surface area contributed by atoms with Crippen LogP contribution < -0.4 is 0 Å². The molecule has 1 unspecified atom stereocenters. The van der Waals surface area contributed by atoms with Gasteiger partial charge in [0.2, 0.25) is 0 Å². The lowest BCUT2D eigenvalue weighted by Gasteiger charge is -2.07. The predicted octanol–water partition coefficient (Wildman–Crippen LogP) is 2.73. The van der Waals surface area contributed by atoms with Crippen molar-refractivity contribution >= 4 is 5.97 Å². The molecule has 0 saturated carbocycles. The van der Waals surface area contributed by atoms with E-state index in [-0.39, 0.29) is 6.42 Å². The first-order valence-corrected chi connectivity index (χ1v) is 7.84. The largest absolute Gasteiger partial charge is 0.481 e. The minimum absolute atomic E-state index is 0.0116. The molecule has 1 aromatic carbocycles. The van der Waals surface area contributed by atoms with Crippen LogP contribution in [0.2, 0.25) is 0 Å². The maximum absolute atomic E-state index is 10.7. The Kier molecular flexibility index (Phi) is 4.41. The monoisotopic (exact) mass is 325 g/mol. The summed E-state index contributed by atoms with van der Waals surface area (Å²) in [5, 5.41) is 21.5. The van der Waals surface area contributed by atoms with Gasteiger partial charge in [-0.25, -0.2) is 4.68 Å². The number of hydrogen-bond donors (Lipinski definition) is 1. The van der Waals surface area contributed by atoms with Gasteiger partial charge in [0.15, 0.2) is 0 Å². The molecule has 0 aliphatic heterocycles. The quantitative estimate of drug-likeness (QED) is 0.753. The molecule has 24 heavy (non-hydrogen) atoms. The number of aromatic nitrogens is 5. The fourth-order valence-electron chi connectivity index (χ4n) is 2.36. The minimum atomic E-state index is -0.843. The molecule has 7 heteroatoms. The minimum Gasteiger partial charge on any atom is -0.481 e. The Morgan fingerprint density at radius 2 is 2.00 bits per heavy atom. The SMILES string of the molecule is CCC(C)n1cc(-c2cn(-c3ccc(CC(=O)O)cc3)nn2)cn1. The topological polar surface area (TPSA) is 85.8 Å². The zero-order chi connectivity index (χ0) is 17.1. The van der Waals surface area contributed by atoms with Crippen LogP contribution in [0.5, 0.6) is 0 Å². The van der Waals surface area contributed by atoms with E-state index in [1.807, 2.05) is 29.2 Å². The van der Waals surface area contributed by atoms with Crippen molar-refractivity contribution in [3.05, 3.63) is 48.4 Å². The first-order valence-electron chi connectivity index (χ1n) is 7.84. The molecule has 2 heterocycles. The van der Waals surface area contributed by atoms with Crippen molar-refractivity contribution < 1.29 is 9.90 Å². The van der Waals surface area contributed by atoms with Crippen LogP contribution in [0.25, 0.3) is 16.9 Å². The Hall–Kier alpha value is -2.96. The summed E-state index contributed by atoms with van der Waals surface area (Å²) in [5.41, 5.74) is 3.25. The van der Waals surface area contributed by atoms with Crippen molar-refractivity contribution in [2.24, 2.45) is 0 Å². The third-order valence-electron chi connectivity index (χ3n) is 3.99. The second-order valence-electron chi connectivity index (χ2n) is 5.75. The molecule has 1 atom stereocenters. The summed E-state index contributed by atoms with van der Waals surface area (Å²) in [6, 6.07) is 7.58. The molecular weight excluding hydrogens is 306 g/mol. The van der Waals surface area contributed by atoms with Crippen LogP contribution in [0, 0.1) is 0 Å². The van der Waals surface area contributed by atoms with E-state index >= 15 is 0 Å². The van der Waals surface area contributed by atoms with E-state index in [2.05, 4.69) is 29.3 Å². The lowest BCUT2D eigenvalue weighted by Crippen LogP contribution is -2.03. The highest BCUT2D eigenvalue weighted by atomic mass is 16.4. The van der Waals surface area contributed by atoms with E-state index in [9.17, 15) is 4.79 Å². The maximum Gasteiger partial charge on any atom is 0.307 e. The summed E-state index contributed by atoms with van der Waals surface area (Å²) < 4.78 is 3.59. The number of benzene rings is 1. The summed E-state index contributed by atoms with van der Waals surface area (Å²) in [6.07, 6.45) is 6.62. The van der Waals surface area contributed by atoms with E-state index in [0.717, 1.165) is 28.9 Å². The van der Waals surface area contributed by atoms with Crippen LogP contribution in [0.15, 0.2) is 42.9 Å². The zero-order valence-electron chi connectivity index (χ0n) is 13.6. The van der Waals surface area contributed by atoms with Gasteiger partial charge in [-0.15, -0.1) is 5.10 Å². The zero-order valence-corrected chi connectivity index (χ0v) is 13.6. The Balaban J connectivity index is 1.80. The van der Waals surface area contributed by atoms with E-state index in [1.54, 1.807) is 23.0 Å². The van der Waals surface area contributed by atoms with Crippen molar-refractivity contribution in [3.8, 4) is 16.9 Å². The molecule has 0 aliphatic carbocycles. The first kappa shape index (κ1) is 15.9. The number of rotatable bonds is 6. The van der Waals surface area contributed by atoms with Crippen molar-refractivity contribution in [2.45, 2.75) is 32.7 Å². The van der Waals surface area contributed by atoms with Gasteiger partial charge in [0.25, 0.3) is 0 Å². The summed E-state index contributed by atoms with van der Waals surface area (Å²) >= 11 is 0. The van der Waals surface area contributed by atoms with Gasteiger partial charge >= 0.3 is 5.97 Å². The lowest BCUT2D eigenvalue weighted by molar-refractivity contribution is -0.136. The molecule has 0 spiro atoms. The van der Waals surface area contributed by atoms with Crippen LogP contribution in [-0.2, 0) is 11.2 Å². The molecule has 3 rings (SSSR count). The van der Waals surface area contributed by atoms with Crippen LogP contribution in [0.4, 0.5) is 0 Å². The second kappa shape index (κ2) is 6.66. The van der Waals surface area contributed by atoms with E-state index in [4.69, 9.17) is 5.11 Å². The molecule has 7 nitrogen and oxygen atoms in total. The lowest BCUT2D eigenvalue weighted by atomic mass is 10.1. The average Bonchev–Trinajstić information content (AvgIpc) is 3.23. The Morgan fingerprint density at radius 1 is 1.25 bits per heavy atom. The molecule has 0 amide bonds. The van der Waals surface area contributed by atoms with Crippen LogP contribution in [-0.4, -0.2) is 35.9 Å². The van der Waals surface area contributed by atoms with Crippen molar-refractivity contribution in [3.63, 3.8) is 0 Å². The molecule has 3 aromatic rings. The summed E-state index contributed by atoms with van der Waals surface area (Å²) in [7, 11) is 0. The molecule has 124 valence electrons. The van der Waals surface area contributed by atoms with Gasteiger partial charge < -0.3 is 5.11 Å². The molecule has 1 N–H and O–H groups in total. The van der Waals surface area contributed by atoms with Crippen molar-refractivity contribution in [2.75, 3.05) is 0 Å². The molecule has 0 radical (unpaired) electrons. The smallest absolute Gasteiger partial charge is 0.307 e. The van der Waals surface area contributed by atoms with Crippen LogP contribution in [0.3, 0.4) is 0 Å². The van der Waals surface area contributed by atoms with Gasteiger partial charge in [-0.2, -0.15) is 5.10 Å². The Morgan fingerprint density at radius 3 is 2.67 bits per heavy atom. The third-order valence-corrected chi connectivity index (χ3v) is 3.99. The molecule has 0 saturated heterocycles. The van der Waals surface area contributed by atoms with E-state index < -0.39 is 5.97 Å². The number of nitrogens with zero attached hydrogens (tertiary/aromatic N) is 5. The highest BCUT2D eigenvalue weighted by Gasteiger charge is 2.10. The van der Waals surface area contributed by atoms with E-state index in [0.29, 0.717) is 6.04 Å². The standard InChI is InChI=1S/C17H19N5O2/c1-3-12(2)21-10-14(9-18-21)16-11-22(20-19-16)15-6-4-13(5-7-15)8-17(23)24/h4-7,9-12H,3,8H2,1-2H3,(H,23,24). The molecule has 0 aliphatic rings. The van der Waals surface area contributed by atoms with Gasteiger partial charge in [-0.1, -0.05) is 24.3 Å².